The van der Waals surface area contributed by atoms with Crippen molar-refractivity contribution in [2.45, 2.75) is 32.3 Å². The lowest BCUT2D eigenvalue weighted by molar-refractivity contribution is 0.109. The third-order valence-electron chi connectivity index (χ3n) is 4.02. The van der Waals surface area contributed by atoms with Gasteiger partial charge in [-0.2, -0.15) is 5.10 Å². The zero-order chi connectivity index (χ0) is 13.5. The van der Waals surface area contributed by atoms with E-state index >= 15 is 0 Å². The van der Waals surface area contributed by atoms with Gasteiger partial charge in [0.15, 0.2) is 0 Å². The van der Waals surface area contributed by atoms with Gasteiger partial charge in [0.05, 0.1) is 24.7 Å². The van der Waals surface area contributed by atoms with Crippen molar-refractivity contribution in [2.24, 2.45) is 0 Å². The van der Waals surface area contributed by atoms with Gasteiger partial charge < -0.3 is 4.74 Å². The number of hydrogen-bond acceptors (Lipinski definition) is 4. The molecule has 1 N–H and O–H groups in total. The SMILES string of the molecule is CCS(=O)(=O)N1CCC(c2n[nH]c3c2COCC3)C1. The van der Waals surface area contributed by atoms with Crippen LogP contribution in [0.1, 0.15) is 36.2 Å². The predicted molar refractivity (Wildman–Crippen MR) is 70.3 cm³/mol. The van der Waals surface area contributed by atoms with Gasteiger partial charge in [-0.3, -0.25) is 5.10 Å². The molecule has 1 saturated heterocycles. The highest BCUT2D eigenvalue weighted by Gasteiger charge is 2.34. The molecule has 106 valence electrons. The first-order chi connectivity index (χ1) is 9.12. The van der Waals surface area contributed by atoms with Crippen LogP contribution in [0.4, 0.5) is 0 Å². The second-order valence-electron chi connectivity index (χ2n) is 5.11. The molecule has 0 radical (unpaired) electrons. The number of sulfonamides is 1. The van der Waals surface area contributed by atoms with Crippen LogP contribution in [0.25, 0.3) is 0 Å². The van der Waals surface area contributed by atoms with Crippen molar-refractivity contribution in [3.05, 3.63) is 17.0 Å². The number of fused-ring (bicyclic) bond motifs is 1. The Kier molecular flexibility index (Phi) is 3.36. The first-order valence-electron chi connectivity index (χ1n) is 6.73. The third-order valence-corrected chi connectivity index (χ3v) is 5.87. The minimum absolute atomic E-state index is 0.168. The first-order valence-corrected chi connectivity index (χ1v) is 8.34. The van der Waals surface area contributed by atoms with Crippen molar-refractivity contribution >= 4 is 10.0 Å². The number of nitrogens with one attached hydrogen (secondary N) is 1. The van der Waals surface area contributed by atoms with Gasteiger partial charge in [0.25, 0.3) is 0 Å². The van der Waals surface area contributed by atoms with E-state index in [0.717, 1.165) is 36.4 Å². The van der Waals surface area contributed by atoms with Gasteiger partial charge in [-0.05, 0) is 13.3 Å². The lowest BCUT2D eigenvalue weighted by Crippen LogP contribution is -2.30. The summed E-state index contributed by atoms with van der Waals surface area (Å²) < 4.78 is 30.8. The van der Waals surface area contributed by atoms with Crippen LogP contribution in [-0.4, -0.2) is 48.4 Å². The van der Waals surface area contributed by atoms with Gasteiger partial charge in [-0.15, -0.1) is 0 Å². The molecule has 0 spiro atoms. The fourth-order valence-electron chi connectivity index (χ4n) is 2.86. The molecule has 1 fully saturated rings. The van der Waals surface area contributed by atoms with Crippen LogP contribution in [0.15, 0.2) is 0 Å². The maximum atomic E-state index is 11.9. The fraction of sp³-hybridized carbons (Fsp3) is 0.750. The Hall–Kier alpha value is -0.920. The molecule has 1 atom stereocenters. The molecule has 1 aromatic heterocycles. The summed E-state index contributed by atoms with van der Waals surface area (Å²) in [5, 5.41) is 7.47. The van der Waals surface area contributed by atoms with Crippen molar-refractivity contribution < 1.29 is 13.2 Å². The molecule has 2 aliphatic heterocycles. The lowest BCUT2D eigenvalue weighted by atomic mass is 9.98. The third kappa shape index (κ3) is 2.30. The summed E-state index contributed by atoms with van der Waals surface area (Å²) in [6.07, 6.45) is 1.71. The van der Waals surface area contributed by atoms with E-state index in [9.17, 15) is 8.42 Å². The zero-order valence-electron chi connectivity index (χ0n) is 11.1. The highest BCUT2D eigenvalue weighted by atomic mass is 32.2. The first kappa shape index (κ1) is 13.1. The zero-order valence-corrected chi connectivity index (χ0v) is 11.9. The highest BCUT2D eigenvalue weighted by Crippen LogP contribution is 2.32. The van der Waals surface area contributed by atoms with Crippen LogP contribution in [0.5, 0.6) is 0 Å². The molecule has 2 aliphatic rings. The molecule has 0 aliphatic carbocycles. The largest absolute Gasteiger partial charge is 0.376 e. The van der Waals surface area contributed by atoms with Crippen LogP contribution in [-0.2, 0) is 27.8 Å². The maximum absolute atomic E-state index is 11.9. The number of rotatable bonds is 3. The van der Waals surface area contributed by atoms with Crippen molar-refractivity contribution in [1.82, 2.24) is 14.5 Å². The number of hydrogen-bond donors (Lipinski definition) is 1. The van der Waals surface area contributed by atoms with Gasteiger partial charge >= 0.3 is 0 Å². The minimum atomic E-state index is -3.08. The van der Waals surface area contributed by atoms with E-state index in [2.05, 4.69) is 10.2 Å². The van der Waals surface area contributed by atoms with E-state index in [4.69, 9.17) is 4.74 Å². The molecule has 1 unspecified atom stereocenters. The van der Waals surface area contributed by atoms with E-state index in [0.29, 0.717) is 19.7 Å². The van der Waals surface area contributed by atoms with Crippen molar-refractivity contribution in [2.75, 3.05) is 25.4 Å². The number of H-pyrrole nitrogens is 1. The van der Waals surface area contributed by atoms with Crippen molar-refractivity contribution in [1.29, 1.82) is 0 Å². The highest BCUT2D eigenvalue weighted by molar-refractivity contribution is 7.89. The molecule has 1 aromatic rings. The molecule has 6 nitrogen and oxygen atoms in total. The number of nitrogens with zero attached hydrogens (tertiary/aromatic N) is 2. The summed E-state index contributed by atoms with van der Waals surface area (Å²) in [6.45, 7) is 4.16. The summed E-state index contributed by atoms with van der Waals surface area (Å²) in [4.78, 5) is 0. The van der Waals surface area contributed by atoms with Crippen LogP contribution < -0.4 is 0 Å². The van der Waals surface area contributed by atoms with Crippen molar-refractivity contribution in [3.63, 3.8) is 0 Å². The quantitative estimate of drug-likeness (QED) is 0.883. The van der Waals surface area contributed by atoms with Gasteiger partial charge in [-0.25, -0.2) is 12.7 Å². The van der Waals surface area contributed by atoms with Crippen LogP contribution in [0.2, 0.25) is 0 Å². The van der Waals surface area contributed by atoms with Gasteiger partial charge in [-0.1, -0.05) is 0 Å². The molecular weight excluding hydrogens is 266 g/mol. The van der Waals surface area contributed by atoms with Crippen LogP contribution >= 0.6 is 0 Å². The minimum Gasteiger partial charge on any atom is -0.376 e. The summed E-state index contributed by atoms with van der Waals surface area (Å²) >= 11 is 0. The second-order valence-corrected chi connectivity index (χ2v) is 7.37. The fourth-order valence-corrected chi connectivity index (χ4v) is 4.01. The van der Waals surface area contributed by atoms with E-state index in [1.807, 2.05) is 0 Å². The molecule has 3 rings (SSSR count). The monoisotopic (exact) mass is 285 g/mol. The summed E-state index contributed by atoms with van der Waals surface area (Å²) in [5.74, 6) is 0.365. The van der Waals surface area contributed by atoms with Crippen molar-refractivity contribution in [3.8, 4) is 0 Å². The smallest absolute Gasteiger partial charge is 0.213 e. The maximum Gasteiger partial charge on any atom is 0.213 e. The predicted octanol–water partition coefficient (Wildman–Crippen LogP) is 0.621. The van der Waals surface area contributed by atoms with Gasteiger partial charge in [0, 0.05) is 36.7 Å². The molecule has 19 heavy (non-hydrogen) atoms. The van der Waals surface area contributed by atoms with E-state index in [1.165, 1.54) is 0 Å². The van der Waals surface area contributed by atoms with E-state index in [1.54, 1.807) is 11.2 Å². The number of ether oxygens (including phenoxy) is 1. The van der Waals surface area contributed by atoms with E-state index in [-0.39, 0.29) is 11.7 Å². The molecule has 0 saturated carbocycles. The summed E-state index contributed by atoms with van der Waals surface area (Å²) in [7, 11) is -3.08. The van der Waals surface area contributed by atoms with E-state index < -0.39 is 10.0 Å². The van der Waals surface area contributed by atoms with Gasteiger partial charge in [0.1, 0.15) is 0 Å². The average Bonchev–Trinajstić information content (AvgIpc) is 3.05. The number of aromatic nitrogens is 2. The molecule has 7 heteroatoms. The summed E-state index contributed by atoms with van der Waals surface area (Å²) in [6, 6.07) is 0. The Labute approximate surface area is 113 Å². The molecule has 0 amide bonds. The normalized spacial score (nSPS) is 24.6. The topological polar surface area (TPSA) is 75.3 Å². The Morgan fingerprint density at radius 3 is 3.16 bits per heavy atom. The second kappa shape index (κ2) is 4.88. The number of aromatic amines is 1. The molecule has 0 aromatic carbocycles. The van der Waals surface area contributed by atoms with Crippen LogP contribution in [0.3, 0.4) is 0 Å². The Bertz CT molecular complexity index is 567. The standard InChI is InChI=1S/C12H19N3O3S/c1-2-19(16,17)15-5-3-9(7-15)12-10-8-18-6-4-11(10)13-14-12/h9H,2-8H2,1H3,(H,13,14). The Morgan fingerprint density at radius 1 is 1.53 bits per heavy atom. The van der Waals surface area contributed by atoms with Crippen LogP contribution in [0, 0.1) is 0 Å². The van der Waals surface area contributed by atoms with Gasteiger partial charge in [0.2, 0.25) is 10.0 Å². The Balaban J connectivity index is 1.80. The summed E-state index contributed by atoms with van der Waals surface area (Å²) in [5.41, 5.74) is 3.30. The Morgan fingerprint density at radius 2 is 2.37 bits per heavy atom. The average molecular weight is 285 g/mol. The molecule has 0 bridgehead atoms. The lowest BCUT2D eigenvalue weighted by Gasteiger charge is -2.16. The molecule has 3 heterocycles. The molecular formula is C12H19N3O3S.